The van der Waals surface area contributed by atoms with Crippen LogP contribution in [0.4, 0.5) is 0 Å². The van der Waals surface area contributed by atoms with Gasteiger partial charge in [-0.05, 0) is 36.4 Å². The van der Waals surface area contributed by atoms with Gasteiger partial charge in [0, 0.05) is 7.05 Å². The first-order valence-electron chi connectivity index (χ1n) is 7.91. The number of nitrogens with zero attached hydrogens (tertiary/aromatic N) is 3. The SMILES string of the molecule is CN(CC(=O)ON1C(=O)c2ccccc2C1=O)S(=O)(=O)c1ccc(C#N)cc1. The topological polar surface area (TPSA) is 125 Å². The van der Waals surface area contributed by atoms with Crippen molar-refractivity contribution in [3.05, 3.63) is 65.2 Å². The molecule has 2 amide bonds. The van der Waals surface area contributed by atoms with Crippen molar-refractivity contribution in [2.75, 3.05) is 13.6 Å². The molecule has 28 heavy (non-hydrogen) atoms. The number of fused-ring (bicyclic) bond motifs is 1. The van der Waals surface area contributed by atoms with Gasteiger partial charge in [-0.1, -0.05) is 17.2 Å². The molecule has 0 N–H and O–H groups in total. The summed E-state index contributed by atoms with van der Waals surface area (Å²) in [6.45, 7) is -0.726. The highest BCUT2D eigenvalue weighted by Gasteiger charge is 2.39. The summed E-state index contributed by atoms with van der Waals surface area (Å²) in [6.07, 6.45) is 0. The maximum atomic E-state index is 12.5. The van der Waals surface area contributed by atoms with E-state index in [1.165, 1.54) is 36.4 Å². The standard InChI is InChI=1S/C18H13N3O6S/c1-20(28(25,26)13-8-6-12(10-19)7-9-13)11-16(22)27-21-17(23)14-4-2-3-5-15(14)18(21)24/h2-9H,11H2,1H3. The highest BCUT2D eigenvalue weighted by Crippen LogP contribution is 2.23. The minimum atomic E-state index is -4.04. The van der Waals surface area contributed by atoms with Gasteiger partial charge in [0.1, 0.15) is 6.54 Å². The lowest BCUT2D eigenvalue weighted by Gasteiger charge is -2.18. The molecule has 1 aliphatic heterocycles. The Labute approximate surface area is 160 Å². The summed E-state index contributed by atoms with van der Waals surface area (Å²) >= 11 is 0. The molecule has 10 heteroatoms. The van der Waals surface area contributed by atoms with Crippen LogP contribution in [0.25, 0.3) is 0 Å². The molecule has 0 radical (unpaired) electrons. The zero-order valence-electron chi connectivity index (χ0n) is 14.5. The van der Waals surface area contributed by atoms with Crippen LogP contribution in [0.15, 0.2) is 53.4 Å². The van der Waals surface area contributed by atoms with Crippen LogP contribution in [-0.4, -0.2) is 49.2 Å². The van der Waals surface area contributed by atoms with E-state index >= 15 is 0 Å². The highest BCUT2D eigenvalue weighted by atomic mass is 32.2. The summed E-state index contributed by atoms with van der Waals surface area (Å²) < 4.78 is 25.7. The quantitative estimate of drug-likeness (QED) is 0.685. The van der Waals surface area contributed by atoms with E-state index < -0.39 is 34.4 Å². The van der Waals surface area contributed by atoms with Gasteiger partial charge in [0.05, 0.1) is 27.7 Å². The fraction of sp³-hybridized carbons (Fsp3) is 0.111. The normalized spacial score (nSPS) is 13.4. The molecule has 0 saturated heterocycles. The van der Waals surface area contributed by atoms with E-state index in [1.807, 2.05) is 6.07 Å². The number of amides is 2. The predicted octanol–water partition coefficient (Wildman–Crippen LogP) is 0.933. The molecule has 9 nitrogen and oxygen atoms in total. The molecule has 2 aromatic carbocycles. The number of sulfonamides is 1. The Hall–Kier alpha value is -3.55. The lowest BCUT2D eigenvalue weighted by molar-refractivity contribution is -0.168. The van der Waals surface area contributed by atoms with Crippen LogP contribution in [-0.2, 0) is 19.7 Å². The molecule has 0 aromatic heterocycles. The van der Waals surface area contributed by atoms with Gasteiger partial charge in [0.2, 0.25) is 10.0 Å². The predicted molar refractivity (Wildman–Crippen MR) is 94.0 cm³/mol. The van der Waals surface area contributed by atoms with E-state index in [0.717, 1.165) is 11.4 Å². The van der Waals surface area contributed by atoms with Crippen LogP contribution < -0.4 is 0 Å². The monoisotopic (exact) mass is 399 g/mol. The molecule has 0 saturated carbocycles. The Kier molecular flexibility index (Phi) is 4.96. The van der Waals surface area contributed by atoms with Crippen LogP contribution in [0.3, 0.4) is 0 Å². The number of likely N-dealkylation sites (N-methyl/N-ethyl adjacent to an activating group) is 1. The van der Waals surface area contributed by atoms with Crippen molar-refractivity contribution in [1.29, 1.82) is 5.26 Å². The molecular formula is C18H13N3O6S. The van der Waals surface area contributed by atoms with Crippen LogP contribution in [0.2, 0.25) is 0 Å². The number of imide groups is 1. The Morgan fingerprint density at radius 1 is 1.07 bits per heavy atom. The Balaban J connectivity index is 1.70. The second kappa shape index (κ2) is 7.22. The summed E-state index contributed by atoms with van der Waals surface area (Å²) in [6, 6.07) is 13.0. The van der Waals surface area contributed by atoms with E-state index in [-0.39, 0.29) is 21.6 Å². The highest BCUT2D eigenvalue weighted by molar-refractivity contribution is 7.89. The lowest BCUT2D eigenvalue weighted by Crippen LogP contribution is -2.38. The molecule has 1 aliphatic rings. The molecule has 3 rings (SSSR count). The van der Waals surface area contributed by atoms with Crippen LogP contribution in [0, 0.1) is 11.3 Å². The van der Waals surface area contributed by atoms with Crippen LogP contribution >= 0.6 is 0 Å². The van der Waals surface area contributed by atoms with Crippen molar-refractivity contribution in [2.45, 2.75) is 4.90 Å². The molecular weight excluding hydrogens is 386 g/mol. The first-order chi connectivity index (χ1) is 13.3. The van der Waals surface area contributed by atoms with Crippen LogP contribution in [0.1, 0.15) is 26.3 Å². The van der Waals surface area contributed by atoms with Crippen molar-refractivity contribution >= 4 is 27.8 Å². The zero-order valence-corrected chi connectivity index (χ0v) is 15.3. The number of hydrogen-bond acceptors (Lipinski definition) is 7. The number of benzene rings is 2. The van der Waals surface area contributed by atoms with Crippen molar-refractivity contribution in [1.82, 2.24) is 9.37 Å². The number of rotatable bonds is 5. The van der Waals surface area contributed by atoms with Gasteiger partial charge >= 0.3 is 5.97 Å². The Bertz CT molecular complexity index is 1080. The molecule has 0 spiro atoms. The molecule has 142 valence electrons. The zero-order chi connectivity index (χ0) is 20.5. The average molecular weight is 399 g/mol. The molecule has 0 atom stereocenters. The van der Waals surface area contributed by atoms with Crippen molar-refractivity contribution in [3.8, 4) is 6.07 Å². The first kappa shape index (κ1) is 19.2. The van der Waals surface area contributed by atoms with Gasteiger partial charge in [-0.3, -0.25) is 9.59 Å². The Morgan fingerprint density at radius 3 is 2.11 bits per heavy atom. The smallest absolute Gasteiger partial charge is 0.328 e. The van der Waals surface area contributed by atoms with E-state index in [1.54, 1.807) is 12.1 Å². The minimum Gasteiger partial charge on any atom is -0.328 e. The van der Waals surface area contributed by atoms with E-state index in [0.29, 0.717) is 5.06 Å². The third-order valence-corrected chi connectivity index (χ3v) is 5.81. The minimum absolute atomic E-state index is 0.0962. The molecule has 0 bridgehead atoms. The van der Waals surface area contributed by atoms with Gasteiger partial charge in [-0.2, -0.15) is 9.57 Å². The van der Waals surface area contributed by atoms with Gasteiger partial charge in [0.25, 0.3) is 11.8 Å². The second-order valence-electron chi connectivity index (χ2n) is 5.81. The van der Waals surface area contributed by atoms with Gasteiger partial charge in [0.15, 0.2) is 0 Å². The average Bonchev–Trinajstić information content (AvgIpc) is 2.93. The fourth-order valence-electron chi connectivity index (χ4n) is 2.53. The number of carbonyl (C=O) groups excluding carboxylic acids is 3. The number of hydrogen-bond donors (Lipinski definition) is 0. The van der Waals surface area contributed by atoms with E-state index in [9.17, 15) is 22.8 Å². The third-order valence-electron chi connectivity index (χ3n) is 3.99. The maximum Gasteiger partial charge on any atom is 0.348 e. The fourth-order valence-corrected chi connectivity index (χ4v) is 3.64. The number of hydroxylamine groups is 2. The van der Waals surface area contributed by atoms with E-state index in [2.05, 4.69) is 0 Å². The lowest BCUT2D eigenvalue weighted by atomic mass is 10.1. The molecule has 1 heterocycles. The summed E-state index contributed by atoms with van der Waals surface area (Å²) in [5, 5.41) is 9.09. The van der Waals surface area contributed by atoms with E-state index in [4.69, 9.17) is 10.1 Å². The summed E-state index contributed by atoms with van der Waals surface area (Å²) in [4.78, 5) is 41.1. The summed E-state index contributed by atoms with van der Waals surface area (Å²) in [5.41, 5.74) is 0.476. The van der Waals surface area contributed by atoms with Crippen molar-refractivity contribution < 1.29 is 27.6 Å². The van der Waals surface area contributed by atoms with Crippen molar-refractivity contribution in [3.63, 3.8) is 0 Å². The van der Waals surface area contributed by atoms with Gasteiger partial charge in [-0.25, -0.2) is 13.2 Å². The first-order valence-corrected chi connectivity index (χ1v) is 9.35. The van der Waals surface area contributed by atoms with Gasteiger partial charge in [-0.15, -0.1) is 0 Å². The third kappa shape index (κ3) is 3.36. The van der Waals surface area contributed by atoms with Crippen molar-refractivity contribution in [2.24, 2.45) is 0 Å². The second-order valence-corrected chi connectivity index (χ2v) is 7.86. The summed E-state index contributed by atoms with van der Waals surface area (Å²) in [7, 11) is -2.89. The van der Waals surface area contributed by atoms with Crippen LogP contribution in [0.5, 0.6) is 0 Å². The Morgan fingerprint density at radius 2 is 1.61 bits per heavy atom. The number of nitriles is 1. The largest absolute Gasteiger partial charge is 0.348 e. The molecule has 0 aliphatic carbocycles. The molecule has 0 fully saturated rings. The van der Waals surface area contributed by atoms with Gasteiger partial charge < -0.3 is 4.84 Å². The molecule has 2 aromatic rings. The number of carbonyl (C=O) groups is 3. The summed E-state index contributed by atoms with van der Waals surface area (Å²) in [5.74, 6) is -2.70. The maximum absolute atomic E-state index is 12.5. The molecule has 0 unspecified atom stereocenters.